The van der Waals surface area contributed by atoms with Crippen LogP contribution in [0.15, 0.2) is 48.5 Å². The number of hydrazine groups is 1. The number of ether oxygens (including phenoxy) is 1. The molecule has 0 saturated heterocycles. The zero-order valence-corrected chi connectivity index (χ0v) is 16.8. The first-order valence-corrected chi connectivity index (χ1v) is 8.86. The Bertz CT molecular complexity index is 859. The Morgan fingerprint density at radius 3 is 1.96 bits per heavy atom. The summed E-state index contributed by atoms with van der Waals surface area (Å²) in [6, 6.07) is 12.6. The summed E-state index contributed by atoms with van der Waals surface area (Å²) in [5, 5.41) is 4.29. The quantitative estimate of drug-likeness (QED) is 0.755. The molecule has 0 aliphatic heterocycles. The summed E-state index contributed by atoms with van der Waals surface area (Å²) in [5.41, 5.74) is 3.20. The molecule has 0 aliphatic rings. The standard InChI is InChI=1S/C20H22ClN3O4/c1-20(2,3)24(18(26)14-5-9-15(21)10-6-14)23-17(25)13-7-11-16(12-8-13)22-19(27)28-4/h5-12H,1-4H3,(H,22,27)(H,23,25). The molecule has 0 radical (unpaired) electrons. The number of nitrogens with one attached hydrogen (secondary N) is 2. The summed E-state index contributed by atoms with van der Waals surface area (Å²) < 4.78 is 4.52. The summed E-state index contributed by atoms with van der Waals surface area (Å²) in [7, 11) is 1.26. The Hall–Kier alpha value is -3.06. The van der Waals surface area contributed by atoms with Crippen LogP contribution in [0.3, 0.4) is 0 Å². The largest absolute Gasteiger partial charge is 0.453 e. The molecule has 2 rings (SSSR count). The van der Waals surface area contributed by atoms with Crippen LogP contribution in [0.25, 0.3) is 0 Å². The minimum atomic E-state index is -0.668. The first-order chi connectivity index (χ1) is 13.1. The highest BCUT2D eigenvalue weighted by Crippen LogP contribution is 2.18. The first kappa shape index (κ1) is 21.2. The van der Waals surface area contributed by atoms with E-state index in [2.05, 4.69) is 15.5 Å². The molecule has 0 saturated carbocycles. The lowest BCUT2D eigenvalue weighted by Crippen LogP contribution is -2.55. The van der Waals surface area contributed by atoms with E-state index < -0.39 is 17.5 Å². The maximum Gasteiger partial charge on any atom is 0.411 e. The maximum atomic E-state index is 12.9. The van der Waals surface area contributed by atoms with E-state index in [0.29, 0.717) is 21.8 Å². The Morgan fingerprint density at radius 1 is 0.929 bits per heavy atom. The molecule has 0 aromatic heterocycles. The van der Waals surface area contributed by atoms with Gasteiger partial charge >= 0.3 is 6.09 Å². The second-order valence-corrected chi connectivity index (χ2v) is 7.39. The van der Waals surface area contributed by atoms with Crippen molar-refractivity contribution in [2.24, 2.45) is 0 Å². The Morgan fingerprint density at radius 2 is 1.46 bits per heavy atom. The molecule has 2 N–H and O–H groups in total. The fourth-order valence-corrected chi connectivity index (χ4v) is 2.41. The molecule has 28 heavy (non-hydrogen) atoms. The van der Waals surface area contributed by atoms with Gasteiger partial charge in [0.2, 0.25) is 0 Å². The van der Waals surface area contributed by atoms with E-state index in [9.17, 15) is 14.4 Å². The van der Waals surface area contributed by atoms with Crippen molar-refractivity contribution in [3.63, 3.8) is 0 Å². The summed E-state index contributed by atoms with van der Waals surface area (Å²) >= 11 is 5.88. The normalized spacial score (nSPS) is 10.8. The van der Waals surface area contributed by atoms with Crippen LogP contribution in [0.5, 0.6) is 0 Å². The van der Waals surface area contributed by atoms with Crippen molar-refractivity contribution in [1.82, 2.24) is 10.4 Å². The van der Waals surface area contributed by atoms with Gasteiger partial charge in [-0.3, -0.25) is 20.3 Å². The second-order valence-electron chi connectivity index (χ2n) is 6.95. The van der Waals surface area contributed by atoms with Crippen molar-refractivity contribution in [2.75, 3.05) is 12.4 Å². The van der Waals surface area contributed by atoms with Gasteiger partial charge in [-0.15, -0.1) is 0 Å². The summed E-state index contributed by atoms with van der Waals surface area (Å²) in [5.74, 6) is -0.816. The lowest BCUT2D eigenvalue weighted by Gasteiger charge is -2.35. The molecule has 8 heteroatoms. The molecule has 0 atom stereocenters. The molecule has 148 valence electrons. The number of methoxy groups -OCH3 is 1. The van der Waals surface area contributed by atoms with Crippen molar-refractivity contribution >= 4 is 35.2 Å². The Balaban J connectivity index is 2.18. The molecule has 3 amide bonds. The number of halogens is 1. The third-order valence-electron chi connectivity index (χ3n) is 3.76. The zero-order chi connectivity index (χ0) is 20.9. The molecule has 0 bridgehead atoms. The number of hydrogen-bond donors (Lipinski definition) is 2. The third-order valence-corrected chi connectivity index (χ3v) is 4.01. The minimum Gasteiger partial charge on any atom is -0.453 e. The highest BCUT2D eigenvalue weighted by molar-refractivity contribution is 6.30. The van der Waals surface area contributed by atoms with Crippen molar-refractivity contribution in [1.29, 1.82) is 0 Å². The predicted molar refractivity (Wildman–Crippen MR) is 107 cm³/mol. The van der Waals surface area contributed by atoms with Gasteiger partial charge in [-0.2, -0.15) is 0 Å². The van der Waals surface area contributed by atoms with Crippen LogP contribution in [0.2, 0.25) is 5.02 Å². The van der Waals surface area contributed by atoms with Crippen molar-refractivity contribution in [2.45, 2.75) is 26.3 Å². The first-order valence-electron chi connectivity index (χ1n) is 8.48. The smallest absolute Gasteiger partial charge is 0.411 e. The molecular formula is C20H22ClN3O4. The van der Waals surface area contributed by atoms with Gasteiger partial charge in [-0.05, 0) is 69.3 Å². The van der Waals surface area contributed by atoms with Gasteiger partial charge in [-0.1, -0.05) is 11.6 Å². The number of hydrogen-bond acceptors (Lipinski definition) is 4. The SMILES string of the molecule is COC(=O)Nc1ccc(C(=O)NN(C(=O)c2ccc(Cl)cc2)C(C)(C)C)cc1. The molecule has 2 aromatic carbocycles. The fraction of sp³-hybridized carbons (Fsp3) is 0.250. The van der Waals surface area contributed by atoms with E-state index in [-0.39, 0.29) is 5.91 Å². The molecule has 0 spiro atoms. The molecule has 0 fully saturated rings. The van der Waals surface area contributed by atoms with E-state index in [1.54, 1.807) is 36.4 Å². The summed E-state index contributed by atoms with van der Waals surface area (Å²) in [6.45, 7) is 5.43. The van der Waals surface area contributed by atoms with Crippen LogP contribution in [0.4, 0.5) is 10.5 Å². The molecule has 2 aromatic rings. The minimum absolute atomic E-state index is 0.327. The monoisotopic (exact) mass is 403 g/mol. The van der Waals surface area contributed by atoms with Gasteiger partial charge in [0.1, 0.15) is 0 Å². The van der Waals surface area contributed by atoms with Gasteiger partial charge in [0.05, 0.1) is 12.6 Å². The maximum absolute atomic E-state index is 12.9. The van der Waals surface area contributed by atoms with Crippen LogP contribution in [0.1, 0.15) is 41.5 Å². The average Bonchev–Trinajstić information content (AvgIpc) is 2.65. The lowest BCUT2D eigenvalue weighted by atomic mass is 10.1. The van der Waals surface area contributed by atoms with E-state index in [1.807, 2.05) is 20.8 Å². The number of nitrogens with zero attached hydrogens (tertiary/aromatic N) is 1. The second kappa shape index (κ2) is 8.75. The number of benzene rings is 2. The number of amides is 3. The Labute approximate surface area is 168 Å². The highest BCUT2D eigenvalue weighted by Gasteiger charge is 2.29. The fourth-order valence-electron chi connectivity index (χ4n) is 2.28. The van der Waals surface area contributed by atoms with Crippen LogP contribution >= 0.6 is 11.6 Å². The average molecular weight is 404 g/mol. The zero-order valence-electron chi connectivity index (χ0n) is 16.1. The van der Waals surface area contributed by atoms with Crippen molar-refractivity contribution in [3.05, 3.63) is 64.7 Å². The van der Waals surface area contributed by atoms with E-state index in [0.717, 1.165) is 0 Å². The molecule has 7 nitrogen and oxygen atoms in total. The van der Waals surface area contributed by atoms with Crippen LogP contribution in [0, 0.1) is 0 Å². The number of carbonyl (C=O) groups is 3. The van der Waals surface area contributed by atoms with E-state index in [1.165, 1.54) is 24.3 Å². The molecule has 0 aliphatic carbocycles. The summed E-state index contributed by atoms with van der Waals surface area (Å²) in [4.78, 5) is 36.7. The summed E-state index contributed by atoms with van der Waals surface area (Å²) in [6.07, 6.45) is -0.607. The van der Waals surface area contributed by atoms with E-state index >= 15 is 0 Å². The molecule has 0 heterocycles. The molecular weight excluding hydrogens is 382 g/mol. The van der Waals surface area contributed by atoms with Gasteiger partial charge < -0.3 is 4.74 Å². The topological polar surface area (TPSA) is 87.7 Å². The lowest BCUT2D eigenvalue weighted by molar-refractivity contribution is 0.0358. The van der Waals surface area contributed by atoms with Crippen molar-refractivity contribution in [3.8, 4) is 0 Å². The van der Waals surface area contributed by atoms with Crippen molar-refractivity contribution < 1.29 is 19.1 Å². The number of carbonyl (C=O) groups excluding carboxylic acids is 3. The number of anilines is 1. The highest BCUT2D eigenvalue weighted by atomic mass is 35.5. The third kappa shape index (κ3) is 5.47. The predicted octanol–water partition coefficient (Wildman–Crippen LogP) is 4.10. The van der Waals surface area contributed by atoms with Crippen LogP contribution < -0.4 is 10.7 Å². The van der Waals surface area contributed by atoms with Gasteiger partial charge in [0.25, 0.3) is 11.8 Å². The van der Waals surface area contributed by atoms with Crippen LogP contribution in [-0.2, 0) is 4.74 Å². The molecule has 0 unspecified atom stereocenters. The van der Waals surface area contributed by atoms with Gasteiger partial charge in [-0.25, -0.2) is 9.80 Å². The van der Waals surface area contributed by atoms with Gasteiger partial charge in [0, 0.05) is 21.8 Å². The van der Waals surface area contributed by atoms with E-state index in [4.69, 9.17) is 11.6 Å². The van der Waals surface area contributed by atoms with Crippen LogP contribution in [-0.4, -0.2) is 35.6 Å². The Kier molecular flexibility index (Phi) is 6.64. The van der Waals surface area contributed by atoms with Gasteiger partial charge in [0.15, 0.2) is 0 Å². The number of rotatable bonds is 3.